The number of hydrogen-bond acceptors (Lipinski definition) is 2. The normalized spacial score (nSPS) is 38.8. The molecule has 1 N–H and O–H groups in total. The van der Waals surface area contributed by atoms with Crippen LogP contribution in [0.5, 0.6) is 0 Å². The van der Waals surface area contributed by atoms with Crippen molar-refractivity contribution in [1.82, 2.24) is 5.32 Å². The Kier molecular flexibility index (Phi) is 2.97. The summed E-state index contributed by atoms with van der Waals surface area (Å²) >= 11 is 2.14. The monoisotopic (exact) mass is 185 g/mol. The lowest BCUT2D eigenvalue weighted by Gasteiger charge is -2.26. The van der Waals surface area contributed by atoms with E-state index in [9.17, 15) is 0 Å². The van der Waals surface area contributed by atoms with E-state index in [1.807, 2.05) is 0 Å². The Bertz CT molecular complexity index is 140. The van der Waals surface area contributed by atoms with Gasteiger partial charge in [-0.3, -0.25) is 0 Å². The zero-order valence-electron chi connectivity index (χ0n) is 7.88. The van der Waals surface area contributed by atoms with Gasteiger partial charge in [0, 0.05) is 6.04 Å². The summed E-state index contributed by atoms with van der Waals surface area (Å²) in [7, 11) is 0. The number of hydrogen-bond donors (Lipinski definition) is 1. The molecule has 2 heteroatoms. The zero-order chi connectivity index (χ0) is 8.39. The number of rotatable bonds is 1. The predicted octanol–water partition coefficient (Wildman–Crippen LogP) is 2.13. The summed E-state index contributed by atoms with van der Waals surface area (Å²) in [5.74, 6) is 4.87. The van der Waals surface area contributed by atoms with E-state index >= 15 is 0 Å². The summed E-state index contributed by atoms with van der Waals surface area (Å²) in [6.07, 6.45) is 4.38. The Morgan fingerprint density at radius 3 is 2.50 bits per heavy atom. The molecule has 0 bridgehead atoms. The van der Waals surface area contributed by atoms with Crippen LogP contribution in [0, 0.1) is 11.8 Å². The van der Waals surface area contributed by atoms with E-state index in [-0.39, 0.29) is 0 Å². The van der Waals surface area contributed by atoms with Crippen LogP contribution in [-0.4, -0.2) is 24.1 Å². The predicted molar refractivity (Wildman–Crippen MR) is 55.6 cm³/mol. The van der Waals surface area contributed by atoms with E-state index in [0.717, 1.165) is 17.9 Å². The Hall–Kier alpha value is 0.310. The van der Waals surface area contributed by atoms with E-state index in [1.165, 1.54) is 37.3 Å². The van der Waals surface area contributed by atoms with Crippen LogP contribution < -0.4 is 5.32 Å². The second-order valence-electron chi connectivity index (χ2n) is 4.25. The standard InChI is InChI=1S/C10H19NS/c1-8-6-10(7-11-8)9-2-4-12-5-3-9/h8-11H,2-7H2,1H3. The third-order valence-corrected chi connectivity index (χ3v) is 4.37. The molecule has 2 saturated heterocycles. The van der Waals surface area contributed by atoms with Crippen LogP contribution in [0.1, 0.15) is 26.2 Å². The van der Waals surface area contributed by atoms with Gasteiger partial charge in [-0.15, -0.1) is 0 Å². The second-order valence-corrected chi connectivity index (χ2v) is 5.48. The number of nitrogens with one attached hydrogen (secondary N) is 1. The molecule has 0 saturated carbocycles. The molecule has 2 aliphatic heterocycles. The molecule has 2 heterocycles. The van der Waals surface area contributed by atoms with E-state index in [1.54, 1.807) is 0 Å². The second kappa shape index (κ2) is 4.01. The van der Waals surface area contributed by atoms with Crippen molar-refractivity contribution < 1.29 is 0 Å². The van der Waals surface area contributed by atoms with E-state index < -0.39 is 0 Å². The average molecular weight is 185 g/mol. The maximum absolute atomic E-state index is 3.56. The average Bonchev–Trinajstić information content (AvgIpc) is 2.54. The summed E-state index contributed by atoms with van der Waals surface area (Å²) in [4.78, 5) is 0. The molecule has 0 aromatic carbocycles. The van der Waals surface area contributed by atoms with Gasteiger partial charge in [-0.1, -0.05) is 0 Å². The highest BCUT2D eigenvalue weighted by atomic mass is 32.2. The smallest absolute Gasteiger partial charge is 0.00420 e. The molecule has 2 atom stereocenters. The zero-order valence-corrected chi connectivity index (χ0v) is 8.70. The highest BCUT2D eigenvalue weighted by molar-refractivity contribution is 7.99. The van der Waals surface area contributed by atoms with Crippen molar-refractivity contribution in [2.75, 3.05) is 18.1 Å². The first-order chi connectivity index (χ1) is 5.86. The van der Waals surface area contributed by atoms with Crippen molar-refractivity contribution in [2.45, 2.75) is 32.2 Å². The van der Waals surface area contributed by atoms with Gasteiger partial charge in [0.1, 0.15) is 0 Å². The summed E-state index contributed by atoms with van der Waals surface area (Å²) in [6, 6.07) is 0.782. The molecule has 0 aliphatic carbocycles. The van der Waals surface area contributed by atoms with Crippen LogP contribution in [0.4, 0.5) is 0 Å². The van der Waals surface area contributed by atoms with Crippen molar-refractivity contribution in [2.24, 2.45) is 11.8 Å². The lowest BCUT2D eigenvalue weighted by molar-refractivity contribution is 0.331. The third kappa shape index (κ3) is 1.97. The summed E-state index contributed by atoms with van der Waals surface area (Å²) in [5.41, 5.74) is 0. The topological polar surface area (TPSA) is 12.0 Å². The Morgan fingerprint density at radius 2 is 1.92 bits per heavy atom. The van der Waals surface area contributed by atoms with E-state index in [2.05, 4.69) is 24.0 Å². The lowest BCUT2D eigenvalue weighted by atomic mass is 9.86. The Morgan fingerprint density at radius 1 is 1.17 bits per heavy atom. The van der Waals surface area contributed by atoms with Crippen molar-refractivity contribution in [3.8, 4) is 0 Å². The molecule has 0 aromatic heterocycles. The fraction of sp³-hybridized carbons (Fsp3) is 1.00. The van der Waals surface area contributed by atoms with Crippen molar-refractivity contribution >= 4 is 11.8 Å². The van der Waals surface area contributed by atoms with Gasteiger partial charge in [0.15, 0.2) is 0 Å². The van der Waals surface area contributed by atoms with Gasteiger partial charge in [-0.25, -0.2) is 0 Å². The first kappa shape index (κ1) is 8.89. The third-order valence-electron chi connectivity index (χ3n) is 3.32. The summed E-state index contributed by atoms with van der Waals surface area (Å²) < 4.78 is 0. The first-order valence-electron chi connectivity index (χ1n) is 5.17. The highest BCUT2D eigenvalue weighted by Crippen LogP contribution is 2.33. The van der Waals surface area contributed by atoms with Crippen LogP contribution in [0.25, 0.3) is 0 Å². The highest BCUT2D eigenvalue weighted by Gasteiger charge is 2.29. The SMILES string of the molecule is CC1CC(C2CCSCC2)CN1. The van der Waals surface area contributed by atoms with Crippen LogP contribution in [0.3, 0.4) is 0 Å². The Labute approximate surface area is 79.7 Å². The minimum absolute atomic E-state index is 0.782. The van der Waals surface area contributed by atoms with Gasteiger partial charge in [0.25, 0.3) is 0 Å². The number of thioether (sulfide) groups is 1. The van der Waals surface area contributed by atoms with Crippen LogP contribution in [-0.2, 0) is 0 Å². The lowest BCUT2D eigenvalue weighted by Crippen LogP contribution is -2.22. The molecule has 0 radical (unpaired) electrons. The maximum Gasteiger partial charge on any atom is 0.00420 e. The molecule has 0 amide bonds. The van der Waals surface area contributed by atoms with Gasteiger partial charge in [-0.2, -0.15) is 11.8 Å². The van der Waals surface area contributed by atoms with Crippen molar-refractivity contribution in [3.05, 3.63) is 0 Å². The molecule has 0 aromatic rings. The molecule has 0 spiro atoms. The molecule has 2 unspecified atom stereocenters. The van der Waals surface area contributed by atoms with Gasteiger partial charge in [0.2, 0.25) is 0 Å². The van der Waals surface area contributed by atoms with Crippen LogP contribution in [0.2, 0.25) is 0 Å². The van der Waals surface area contributed by atoms with Gasteiger partial charge >= 0.3 is 0 Å². The largest absolute Gasteiger partial charge is 0.314 e. The van der Waals surface area contributed by atoms with Crippen LogP contribution >= 0.6 is 11.8 Å². The molecule has 2 aliphatic rings. The Balaban J connectivity index is 1.83. The van der Waals surface area contributed by atoms with Crippen molar-refractivity contribution in [1.29, 1.82) is 0 Å². The van der Waals surface area contributed by atoms with Crippen LogP contribution in [0.15, 0.2) is 0 Å². The minimum Gasteiger partial charge on any atom is -0.314 e. The molecule has 2 rings (SSSR count). The summed E-state index contributed by atoms with van der Waals surface area (Å²) in [6.45, 7) is 3.61. The van der Waals surface area contributed by atoms with Gasteiger partial charge in [-0.05, 0) is 56.1 Å². The molecular weight excluding hydrogens is 166 g/mol. The molecular formula is C10H19NS. The molecule has 12 heavy (non-hydrogen) atoms. The minimum atomic E-state index is 0.782. The molecule has 1 nitrogen and oxygen atoms in total. The van der Waals surface area contributed by atoms with E-state index in [0.29, 0.717) is 0 Å². The maximum atomic E-state index is 3.56. The fourth-order valence-corrected chi connectivity index (χ4v) is 3.66. The fourth-order valence-electron chi connectivity index (χ4n) is 2.52. The van der Waals surface area contributed by atoms with E-state index in [4.69, 9.17) is 0 Å². The summed E-state index contributed by atoms with van der Waals surface area (Å²) in [5, 5.41) is 3.56. The molecule has 70 valence electrons. The van der Waals surface area contributed by atoms with Crippen molar-refractivity contribution in [3.63, 3.8) is 0 Å². The first-order valence-corrected chi connectivity index (χ1v) is 6.33. The quantitative estimate of drug-likeness (QED) is 0.671. The molecule has 2 fully saturated rings. The van der Waals surface area contributed by atoms with Gasteiger partial charge < -0.3 is 5.32 Å². The van der Waals surface area contributed by atoms with Gasteiger partial charge in [0.05, 0.1) is 0 Å².